The number of aromatic nitrogens is 2. The van der Waals surface area contributed by atoms with Crippen LogP contribution < -0.4 is 15.8 Å². The Morgan fingerprint density at radius 3 is 2.58 bits per heavy atom. The molecule has 24 heavy (non-hydrogen) atoms. The van der Waals surface area contributed by atoms with E-state index in [0.717, 1.165) is 19.5 Å². The van der Waals surface area contributed by atoms with Crippen molar-refractivity contribution in [3.05, 3.63) is 51.7 Å². The largest absolute Gasteiger partial charge is 0.501 e. The second kappa shape index (κ2) is 6.31. The van der Waals surface area contributed by atoms with Crippen molar-refractivity contribution in [2.24, 2.45) is 7.05 Å². The SMILES string of the molecule is Cn1c(N2CCC2)nc(C(=O)NCc2ccc(F)cc2)c(O)c1=O. The van der Waals surface area contributed by atoms with Crippen LogP contribution in [0.1, 0.15) is 22.5 Å². The van der Waals surface area contributed by atoms with E-state index in [1.54, 1.807) is 12.1 Å². The molecule has 0 spiro atoms. The molecule has 7 nitrogen and oxygen atoms in total. The van der Waals surface area contributed by atoms with Crippen molar-refractivity contribution in [1.29, 1.82) is 0 Å². The lowest BCUT2D eigenvalue weighted by Crippen LogP contribution is -2.42. The molecule has 0 bridgehead atoms. The molecule has 1 aromatic carbocycles. The van der Waals surface area contributed by atoms with E-state index in [1.807, 2.05) is 4.90 Å². The summed E-state index contributed by atoms with van der Waals surface area (Å²) in [6.07, 6.45) is 0.989. The Morgan fingerprint density at radius 2 is 2.00 bits per heavy atom. The minimum atomic E-state index is -0.682. The number of benzene rings is 1. The predicted octanol–water partition coefficient (Wildman–Crippen LogP) is 0.765. The van der Waals surface area contributed by atoms with Crippen molar-refractivity contribution < 1.29 is 14.3 Å². The number of nitrogens with zero attached hydrogens (tertiary/aromatic N) is 3. The quantitative estimate of drug-likeness (QED) is 0.863. The van der Waals surface area contributed by atoms with E-state index >= 15 is 0 Å². The van der Waals surface area contributed by atoms with Gasteiger partial charge in [-0.15, -0.1) is 0 Å². The van der Waals surface area contributed by atoms with E-state index < -0.39 is 17.2 Å². The van der Waals surface area contributed by atoms with Crippen molar-refractivity contribution in [3.63, 3.8) is 0 Å². The molecule has 8 heteroatoms. The molecule has 0 aliphatic carbocycles. The van der Waals surface area contributed by atoms with Gasteiger partial charge < -0.3 is 15.3 Å². The van der Waals surface area contributed by atoms with E-state index in [2.05, 4.69) is 10.3 Å². The van der Waals surface area contributed by atoms with Crippen molar-refractivity contribution in [3.8, 4) is 5.75 Å². The number of halogens is 1. The van der Waals surface area contributed by atoms with Crippen LogP contribution >= 0.6 is 0 Å². The Morgan fingerprint density at radius 1 is 1.33 bits per heavy atom. The van der Waals surface area contributed by atoms with Crippen LogP contribution in [0.5, 0.6) is 5.75 Å². The smallest absolute Gasteiger partial charge is 0.297 e. The molecule has 1 fully saturated rings. The zero-order valence-corrected chi connectivity index (χ0v) is 13.1. The van der Waals surface area contributed by atoms with Gasteiger partial charge in [-0.05, 0) is 24.1 Å². The second-order valence-electron chi connectivity index (χ2n) is 5.62. The Kier molecular flexibility index (Phi) is 4.20. The minimum Gasteiger partial charge on any atom is -0.501 e. The van der Waals surface area contributed by atoms with Gasteiger partial charge in [0.25, 0.3) is 11.5 Å². The zero-order chi connectivity index (χ0) is 17.3. The van der Waals surface area contributed by atoms with Crippen LogP contribution in [0.4, 0.5) is 10.3 Å². The maximum atomic E-state index is 12.9. The van der Waals surface area contributed by atoms with Gasteiger partial charge in [0.05, 0.1) is 0 Å². The Balaban J connectivity index is 1.82. The zero-order valence-electron chi connectivity index (χ0n) is 13.1. The summed E-state index contributed by atoms with van der Waals surface area (Å²) in [7, 11) is 1.50. The average molecular weight is 332 g/mol. The molecule has 1 saturated heterocycles. The highest BCUT2D eigenvalue weighted by molar-refractivity contribution is 5.95. The highest BCUT2D eigenvalue weighted by atomic mass is 19.1. The molecular weight excluding hydrogens is 315 g/mol. The molecule has 0 radical (unpaired) electrons. The fourth-order valence-electron chi connectivity index (χ4n) is 2.40. The molecular formula is C16H17FN4O3. The second-order valence-corrected chi connectivity index (χ2v) is 5.62. The predicted molar refractivity (Wildman–Crippen MR) is 85.5 cm³/mol. The van der Waals surface area contributed by atoms with Gasteiger partial charge in [-0.2, -0.15) is 0 Å². The fraction of sp³-hybridized carbons (Fsp3) is 0.312. The standard InChI is InChI=1S/C16H17FN4O3/c1-20-15(24)13(22)12(19-16(20)21-7-2-8-21)14(23)18-9-10-3-5-11(17)6-4-10/h3-6,22H,2,7-9H2,1H3,(H,18,23). The number of nitrogens with one attached hydrogen (secondary N) is 1. The molecule has 3 rings (SSSR count). The normalized spacial score (nSPS) is 13.5. The van der Waals surface area contributed by atoms with Gasteiger partial charge in [-0.25, -0.2) is 9.37 Å². The van der Waals surface area contributed by atoms with Crippen molar-refractivity contribution in [2.45, 2.75) is 13.0 Å². The fourth-order valence-corrected chi connectivity index (χ4v) is 2.40. The van der Waals surface area contributed by atoms with E-state index in [-0.39, 0.29) is 18.1 Å². The van der Waals surface area contributed by atoms with E-state index in [0.29, 0.717) is 11.5 Å². The molecule has 2 heterocycles. The Hall–Kier alpha value is -2.90. The van der Waals surface area contributed by atoms with Gasteiger partial charge >= 0.3 is 0 Å². The molecule has 2 aromatic rings. The van der Waals surface area contributed by atoms with Crippen LogP contribution in [0.3, 0.4) is 0 Å². The van der Waals surface area contributed by atoms with Crippen LogP contribution in [0, 0.1) is 5.82 Å². The molecule has 126 valence electrons. The first-order valence-electron chi connectivity index (χ1n) is 7.55. The molecule has 1 aliphatic heterocycles. The molecule has 0 unspecified atom stereocenters. The number of aromatic hydroxyl groups is 1. The Labute approximate surface area is 137 Å². The van der Waals surface area contributed by atoms with Crippen LogP contribution in [0.2, 0.25) is 0 Å². The van der Waals surface area contributed by atoms with Crippen molar-refractivity contribution in [2.75, 3.05) is 18.0 Å². The van der Waals surface area contributed by atoms with E-state index in [1.165, 1.54) is 23.7 Å². The first-order valence-corrected chi connectivity index (χ1v) is 7.55. The van der Waals surface area contributed by atoms with Crippen molar-refractivity contribution >= 4 is 11.9 Å². The maximum absolute atomic E-state index is 12.9. The minimum absolute atomic E-state index is 0.133. The average Bonchev–Trinajstić information content (AvgIpc) is 2.52. The number of amides is 1. The van der Waals surface area contributed by atoms with E-state index in [4.69, 9.17) is 0 Å². The highest BCUT2D eigenvalue weighted by Crippen LogP contribution is 2.19. The molecule has 1 aromatic heterocycles. The van der Waals surface area contributed by atoms with E-state index in [9.17, 15) is 19.1 Å². The molecule has 0 saturated carbocycles. The molecule has 1 aliphatic rings. The van der Waals surface area contributed by atoms with Gasteiger partial charge in [0, 0.05) is 26.7 Å². The van der Waals surface area contributed by atoms with Gasteiger partial charge in [0.1, 0.15) is 5.82 Å². The molecule has 2 N–H and O–H groups in total. The summed E-state index contributed by atoms with van der Waals surface area (Å²) in [5.41, 5.74) is -0.281. The topological polar surface area (TPSA) is 87.5 Å². The summed E-state index contributed by atoms with van der Waals surface area (Å²) in [4.78, 5) is 30.4. The monoisotopic (exact) mass is 332 g/mol. The number of carbonyl (C=O) groups excluding carboxylic acids is 1. The Bertz CT molecular complexity index is 828. The van der Waals surface area contributed by atoms with Gasteiger partial charge in [-0.3, -0.25) is 14.2 Å². The summed E-state index contributed by atoms with van der Waals surface area (Å²) in [6.45, 7) is 1.64. The van der Waals surface area contributed by atoms with Gasteiger partial charge in [-0.1, -0.05) is 12.1 Å². The van der Waals surface area contributed by atoms with Crippen LogP contribution in [-0.4, -0.2) is 33.7 Å². The lowest BCUT2D eigenvalue weighted by molar-refractivity contribution is 0.0942. The third-order valence-corrected chi connectivity index (χ3v) is 3.96. The summed E-state index contributed by atoms with van der Waals surface area (Å²) < 4.78 is 14.1. The first kappa shape index (κ1) is 16.0. The molecule has 1 amide bonds. The summed E-state index contributed by atoms with van der Waals surface area (Å²) in [5.74, 6) is -1.35. The third-order valence-electron chi connectivity index (χ3n) is 3.96. The number of rotatable bonds is 4. The van der Waals surface area contributed by atoms with Crippen LogP contribution in [0.25, 0.3) is 0 Å². The van der Waals surface area contributed by atoms with Gasteiger partial charge in [0.2, 0.25) is 11.7 Å². The third kappa shape index (κ3) is 2.94. The highest BCUT2D eigenvalue weighted by Gasteiger charge is 2.25. The maximum Gasteiger partial charge on any atom is 0.297 e. The number of hydrogen-bond acceptors (Lipinski definition) is 5. The lowest BCUT2D eigenvalue weighted by atomic mass is 10.2. The summed E-state index contributed by atoms with van der Waals surface area (Å²) >= 11 is 0. The first-order chi connectivity index (χ1) is 11.5. The summed E-state index contributed by atoms with van der Waals surface area (Å²) in [5, 5.41) is 12.5. The van der Waals surface area contributed by atoms with Gasteiger partial charge in [0.15, 0.2) is 5.69 Å². The van der Waals surface area contributed by atoms with Crippen LogP contribution in [0.15, 0.2) is 29.1 Å². The summed E-state index contributed by atoms with van der Waals surface area (Å²) in [6, 6.07) is 5.66. The lowest BCUT2D eigenvalue weighted by Gasteiger charge is -2.33. The number of anilines is 1. The van der Waals surface area contributed by atoms with Crippen molar-refractivity contribution in [1.82, 2.24) is 14.9 Å². The van der Waals surface area contributed by atoms with Crippen LogP contribution in [-0.2, 0) is 13.6 Å². The molecule has 0 atom stereocenters. The number of carbonyl (C=O) groups is 1. The number of hydrogen-bond donors (Lipinski definition) is 2.